The Morgan fingerprint density at radius 3 is 2.50 bits per heavy atom. The summed E-state index contributed by atoms with van der Waals surface area (Å²) < 4.78 is 1.93. The van der Waals surface area contributed by atoms with Crippen molar-refractivity contribution < 1.29 is 0 Å². The maximum absolute atomic E-state index is 4.50. The number of aryl methyl sites for hydroxylation is 1. The lowest BCUT2D eigenvalue weighted by molar-refractivity contribution is 0.659. The summed E-state index contributed by atoms with van der Waals surface area (Å²) in [7, 11) is 0. The fourth-order valence-corrected chi connectivity index (χ4v) is 2.10. The van der Waals surface area contributed by atoms with Gasteiger partial charge in [-0.3, -0.25) is 4.68 Å². The van der Waals surface area contributed by atoms with Crippen molar-refractivity contribution in [3.8, 4) is 0 Å². The molecular weight excluding hydrogens is 250 g/mol. The van der Waals surface area contributed by atoms with Crippen molar-refractivity contribution in [3.63, 3.8) is 0 Å². The summed E-state index contributed by atoms with van der Waals surface area (Å²) in [5.74, 6) is 1.03. The van der Waals surface area contributed by atoms with Gasteiger partial charge in [-0.15, -0.1) is 0 Å². The van der Waals surface area contributed by atoms with Crippen LogP contribution in [0.25, 0.3) is 0 Å². The van der Waals surface area contributed by atoms with Crippen LogP contribution >= 0.6 is 0 Å². The molecule has 2 rings (SSSR count). The quantitative estimate of drug-likeness (QED) is 0.842. The van der Waals surface area contributed by atoms with E-state index in [0.29, 0.717) is 0 Å². The van der Waals surface area contributed by atoms with Crippen LogP contribution in [-0.2, 0) is 13.1 Å². The van der Waals surface area contributed by atoms with E-state index in [4.69, 9.17) is 0 Å². The molecule has 0 spiro atoms. The van der Waals surface area contributed by atoms with Crippen molar-refractivity contribution in [1.29, 1.82) is 0 Å². The SMILES string of the molecule is CCN(CC)c1ccc(NCc2cnn(CC)c2)cn1. The normalized spacial score (nSPS) is 10.6. The zero-order valence-electron chi connectivity index (χ0n) is 12.5. The lowest BCUT2D eigenvalue weighted by atomic mass is 10.3. The summed E-state index contributed by atoms with van der Waals surface area (Å²) in [4.78, 5) is 6.73. The molecule has 1 N–H and O–H groups in total. The summed E-state index contributed by atoms with van der Waals surface area (Å²) in [6.07, 6.45) is 5.84. The van der Waals surface area contributed by atoms with Crippen molar-refractivity contribution in [3.05, 3.63) is 36.3 Å². The van der Waals surface area contributed by atoms with Crippen molar-refractivity contribution in [2.45, 2.75) is 33.9 Å². The van der Waals surface area contributed by atoms with Gasteiger partial charge in [0.2, 0.25) is 0 Å². The minimum atomic E-state index is 0.770. The van der Waals surface area contributed by atoms with E-state index in [1.807, 2.05) is 17.1 Å². The highest BCUT2D eigenvalue weighted by atomic mass is 15.3. The zero-order chi connectivity index (χ0) is 14.4. The molecule has 0 atom stereocenters. The highest BCUT2D eigenvalue weighted by molar-refractivity contribution is 5.48. The second-order valence-corrected chi connectivity index (χ2v) is 4.64. The summed E-state index contributed by atoms with van der Waals surface area (Å²) in [5.41, 5.74) is 2.21. The van der Waals surface area contributed by atoms with Gasteiger partial charge < -0.3 is 10.2 Å². The van der Waals surface area contributed by atoms with Crippen LogP contribution in [0.5, 0.6) is 0 Å². The number of nitrogens with zero attached hydrogens (tertiary/aromatic N) is 4. The number of hydrogen-bond donors (Lipinski definition) is 1. The zero-order valence-corrected chi connectivity index (χ0v) is 12.5. The van der Waals surface area contributed by atoms with Gasteiger partial charge in [-0.1, -0.05) is 0 Å². The number of aromatic nitrogens is 3. The number of pyridine rings is 1. The van der Waals surface area contributed by atoms with Gasteiger partial charge in [-0.25, -0.2) is 4.98 Å². The molecule has 20 heavy (non-hydrogen) atoms. The molecule has 0 bridgehead atoms. The Morgan fingerprint density at radius 1 is 1.15 bits per heavy atom. The van der Waals surface area contributed by atoms with Gasteiger partial charge in [-0.2, -0.15) is 5.10 Å². The smallest absolute Gasteiger partial charge is 0.128 e. The standard InChI is InChI=1S/C15H23N5/c1-4-19(5-2)15-8-7-14(11-17-15)16-9-13-10-18-20(6-3)12-13/h7-8,10-12,16H,4-6,9H2,1-3H3. The van der Waals surface area contributed by atoms with E-state index in [1.165, 1.54) is 5.56 Å². The molecule has 0 unspecified atom stereocenters. The van der Waals surface area contributed by atoms with Gasteiger partial charge >= 0.3 is 0 Å². The van der Waals surface area contributed by atoms with E-state index in [9.17, 15) is 0 Å². The van der Waals surface area contributed by atoms with Crippen molar-refractivity contribution in [2.24, 2.45) is 0 Å². The molecule has 0 aromatic carbocycles. The third kappa shape index (κ3) is 3.50. The van der Waals surface area contributed by atoms with Gasteiger partial charge in [-0.05, 0) is 32.9 Å². The Labute approximate surface area is 120 Å². The third-order valence-corrected chi connectivity index (χ3v) is 3.34. The first-order valence-electron chi connectivity index (χ1n) is 7.23. The van der Waals surface area contributed by atoms with Crippen LogP contribution in [0.15, 0.2) is 30.7 Å². The molecule has 2 aromatic rings. The fourth-order valence-electron chi connectivity index (χ4n) is 2.10. The largest absolute Gasteiger partial charge is 0.380 e. The molecule has 0 amide bonds. The second kappa shape index (κ2) is 6.93. The lowest BCUT2D eigenvalue weighted by Crippen LogP contribution is -2.22. The Hall–Kier alpha value is -2.04. The Morgan fingerprint density at radius 2 is 1.95 bits per heavy atom. The number of anilines is 2. The molecule has 0 aliphatic rings. The third-order valence-electron chi connectivity index (χ3n) is 3.34. The molecule has 108 valence electrons. The molecule has 2 aromatic heterocycles. The monoisotopic (exact) mass is 273 g/mol. The van der Waals surface area contributed by atoms with Crippen LogP contribution in [-0.4, -0.2) is 27.9 Å². The Bertz CT molecular complexity index is 513. The Balaban J connectivity index is 1.93. The Kier molecular flexibility index (Phi) is 4.98. The van der Waals surface area contributed by atoms with E-state index in [1.54, 1.807) is 0 Å². The summed E-state index contributed by atoms with van der Waals surface area (Å²) >= 11 is 0. The second-order valence-electron chi connectivity index (χ2n) is 4.64. The first-order chi connectivity index (χ1) is 9.76. The summed E-state index contributed by atoms with van der Waals surface area (Å²) in [6.45, 7) is 10.00. The molecule has 0 saturated carbocycles. The summed E-state index contributed by atoms with van der Waals surface area (Å²) in [6, 6.07) is 4.13. The van der Waals surface area contributed by atoms with Gasteiger partial charge in [0.25, 0.3) is 0 Å². The van der Waals surface area contributed by atoms with Gasteiger partial charge in [0.1, 0.15) is 5.82 Å². The highest BCUT2D eigenvalue weighted by Gasteiger charge is 2.03. The molecule has 0 aliphatic carbocycles. The molecule has 2 heterocycles. The molecule has 0 saturated heterocycles. The topological polar surface area (TPSA) is 46.0 Å². The number of rotatable bonds is 7. The molecular formula is C15H23N5. The molecule has 0 radical (unpaired) electrons. The van der Waals surface area contributed by atoms with E-state index >= 15 is 0 Å². The molecule has 0 aliphatic heterocycles. The molecule has 5 nitrogen and oxygen atoms in total. The first-order valence-corrected chi connectivity index (χ1v) is 7.23. The first kappa shape index (κ1) is 14.4. The van der Waals surface area contributed by atoms with Crippen LogP contribution in [0.2, 0.25) is 0 Å². The van der Waals surface area contributed by atoms with Crippen molar-refractivity contribution >= 4 is 11.5 Å². The van der Waals surface area contributed by atoms with Crippen LogP contribution in [0.1, 0.15) is 26.3 Å². The molecule has 0 fully saturated rings. The van der Waals surface area contributed by atoms with Crippen molar-refractivity contribution in [2.75, 3.05) is 23.3 Å². The van der Waals surface area contributed by atoms with Gasteiger partial charge in [0.05, 0.1) is 18.1 Å². The van der Waals surface area contributed by atoms with Gasteiger partial charge in [0.15, 0.2) is 0 Å². The molecule has 5 heteroatoms. The van der Waals surface area contributed by atoms with Crippen LogP contribution in [0, 0.1) is 0 Å². The van der Waals surface area contributed by atoms with E-state index in [0.717, 1.165) is 37.7 Å². The maximum Gasteiger partial charge on any atom is 0.128 e. The van der Waals surface area contributed by atoms with E-state index in [-0.39, 0.29) is 0 Å². The predicted molar refractivity (Wildman–Crippen MR) is 83.0 cm³/mol. The van der Waals surface area contributed by atoms with Gasteiger partial charge in [0, 0.05) is 37.9 Å². The van der Waals surface area contributed by atoms with E-state index < -0.39 is 0 Å². The number of hydrogen-bond acceptors (Lipinski definition) is 4. The minimum Gasteiger partial charge on any atom is -0.380 e. The fraction of sp³-hybridized carbons (Fsp3) is 0.467. The predicted octanol–water partition coefficient (Wildman–Crippen LogP) is 2.76. The van der Waals surface area contributed by atoms with Crippen LogP contribution in [0.3, 0.4) is 0 Å². The number of nitrogens with one attached hydrogen (secondary N) is 1. The summed E-state index contributed by atoms with van der Waals surface area (Å²) in [5, 5.41) is 7.63. The highest BCUT2D eigenvalue weighted by Crippen LogP contribution is 2.14. The van der Waals surface area contributed by atoms with Crippen LogP contribution < -0.4 is 10.2 Å². The van der Waals surface area contributed by atoms with Crippen LogP contribution in [0.4, 0.5) is 11.5 Å². The lowest BCUT2D eigenvalue weighted by Gasteiger charge is -2.19. The maximum atomic E-state index is 4.50. The average molecular weight is 273 g/mol. The van der Waals surface area contributed by atoms with E-state index in [2.05, 4.69) is 59.4 Å². The minimum absolute atomic E-state index is 0.770. The average Bonchev–Trinajstić information content (AvgIpc) is 2.96. The van der Waals surface area contributed by atoms with Crippen molar-refractivity contribution in [1.82, 2.24) is 14.8 Å².